The van der Waals surface area contributed by atoms with Gasteiger partial charge in [-0.05, 0) is 32.9 Å². The summed E-state index contributed by atoms with van der Waals surface area (Å²) in [5.41, 5.74) is 2.31. The minimum Gasteiger partial charge on any atom is -0.324 e. The number of fused-ring (bicyclic) bond motifs is 1. The second-order valence-corrected chi connectivity index (χ2v) is 4.99. The van der Waals surface area contributed by atoms with Gasteiger partial charge in [-0.2, -0.15) is 5.26 Å². The largest absolute Gasteiger partial charge is 0.324 e. The zero-order chi connectivity index (χ0) is 12.6. The summed E-state index contributed by atoms with van der Waals surface area (Å²) in [7, 11) is 0. The van der Waals surface area contributed by atoms with Crippen LogP contribution in [0.1, 0.15) is 43.6 Å². The van der Waals surface area contributed by atoms with E-state index in [9.17, 15) is 0 Å². The fraction of sp³-hybridized carbons (Fsp3) is 0.385. The quantitative estimate of drug-likeness (QED) is 0.758. The van der Waals surface area contributed by atoms with Gasteiger partial charge in [0, 0.05) is 6.04 Å². The van der Waals surface area contributed by atoms with Crippen molar-refractivity contribution in [1.82, 2.24) is 9.55 Å². The molecule has 0 radical (unpaired) electrons. The van der Waals surface area contributed by atoms with Gasteiger partial charge in [-0.15, -0.1) is 11.6 Å². The molecule has 0 aliphatic carbocycles. The van der Waals surface area contributed by atoms with E-state index in [1.54, 1.807) is 6.07 Å². The van der Waals surface area contributed by atoms with E-state index in [2.05, 4.69) is 29.5 Å². The lowest BCUT2D eigenvalue weighted by atomic mass is 10.2. The minimum atomic E-state index is -0.170. The predicted molar refractivity (Wildman–Crippen MR) is 69.1 cm³/mol. The number of halogens is 1. The number of hydrogen-bond donors (Lipinski definition) is 0. The second kappa shape index (κ2) is 4.38. The molecule has 0 aliphatic rings. The van der Waals surface area contributed by atoms with Gasteiger partial charge in [0.2, 0.25) is 0 Å². The minimum absolute atomic E-state index is 0.170. The van der Waals surface area contributed by atoms with Crippen LogP contribution in [0.25, 0.3) is 11.0 Å². The van der Waals surface area contributed by atoms with E-state index in [1.165, 1.54) is 0 Å². The average Bonchev–Trinajstić information content (AvgIpc) is 2.67. The lowest BCUT2D eigenvalue weighted by Gasteiger charge is -2.13. The van der Waals surface area contributed by atoms with Crippen molar-refractivity contribution >= 4 is 22.6 Å². The predicted octanol–water partition coefficient (Wildman–Crippen LogP) is 3.79. The molecule has 0 N–H and O–H groups in total. The Morgan fingerprint density at radius 2 is 2.06 bits per heavy atom. The maximum absolute atomic E-state index is 9.08. The van der Waals surface area contributed by atoms with Crippen LogP contribution in [0.4, 0.5) is 0 Å². The lowest BCUT2D eigenvalue weighted by Crippen LogP contribution is -2.06. The number of alkyl halides is 1. The Bertz CT molecular complexity index is 590. The second-order valence-electron chi connectivity index (χ2n) is 4.33. The fourth-order valence-electron chi connectivity index (χ4n) is 2.05. The van der Waals surface area contributed by atoms with Crippen LogP contribution < -0.4 is 0 Å². The summed E-state index contributed by atoms with van der Waals surface area (Å²) in [5, 5.41) is 8.91. The van der Waals surface area contributed by atoms with E-state index < -0.39 is 0 Å². The molecule has 17 heavy (non-hydrogen) atoms. The molecule has 0 fully saturated rings. The first-order valence-corrected chi connectivity index (χ1v) is 6.05. The molecule has 0 spiro atoms. The molecule has 1 heterocycles. The van der Waals surface area contributed by atoms with Gasteiger partial charge in [0.1, 0.15) is 17.4 Å². The molecule has 4 heteroatoms. The Morgan fingerprint density at radius 3 is 2.59 bits per heavy atom. The van der Waals surface area contributed by atoms with Gasteiger partial charge in [-0.1, -0.05) is 6.07 Å². The molecule has 0 saturated heterocycles. The van der Waals surface area contributed by atoms with Crippen molar-refractivity contribution in [2.24, 2.45) is 0 Å². The van der Waals surface area contributed by atoms with Crippen LogP contribution in [-0.4, -0.2) is 9.55 Å². The molecule has 1 aromatic carbocycles. The van der Waals surface area contributed by atoms with E-state index in [0.29, 0.717) is 5.56 Å². The summed E-state index contributed by atoms with van der Waals surface area (Å²) in [6.07, 6.45) is 0. The highest BCUT2D eigenvalue weighted by molar-refractivity contribution is 6.20. The number of imidazole rings is 1. The summed E-state index contributed by atoms with van der Waals surface area (Å²) in [5.74, 6) is 0.819. The van der Waals surface area contributed by atoms with E-state index in [4.69, 9.17) is 16.9 Å². The van der Waals surface area contributed by atoms with Crippen molar-refractivity contribution in [2.45, 2.75) is 32.2 Å². The highest BCUT2D eigenvalue weighted by atomic mass is 35.5. The third-order valence-corrected chi connectivity index (χ3v) is 2.94. The number of aromatic nitrogens is 2. The van der Waals surface area contributed by atoms with E-state index in [0.717, 1.165) is 16.9 Å². The van der Waals surface area contributed by atoms with E-state index >= 15 is 0 Å². The summed E-state index contributed by atoms with van der Waals surface area (Å²) in [6, 6.07) is 8.08. The molecule has 88 valence electrons. The van der Waals surface area contributed by atoms with Crippen LogP contribution >= 0.6 is 11.6 Å². The monoisotopic (exact) mass is 247 g/mol. The summed E-state index contributed by atoms with van der Waals surface area (Å²) in [4.78, 5) is 4.51. The smallest absolute Gasteiger partial charge is 0.128 e. The van der Waals surface area contributed by atoms with Crippen LogP contribution in [0.5, 0.6) is 0 Å². The average molecular weight is 248 g/mol. The normalized spacial score (nSPS) is 12.9. The molecule has 1 aromatic heterocycles. The Balaban J connectivity index is 2.85. The van der Waals surface area contributed by atoms with Crippen molar-refractivity contribution in [2.75, 3.05) is 0 Å². The Morgan fingerprint density at radius 1 is 1.35 bits per heavy atom. The zero-order valence-corrected chi connectivity index (χ0v) is 10.9. The molecule has 1 unspecified atom stereocenters. The zero-order valence-electron chi connectivity index (χ0n) is 10.1. The molecule has 0 bridgehead atoms. The van der Waals surface area contributed by atoms with E-state index in [1.807, 2.05) is 19.1 Å². The number of hydrogen-bond acceptors (Lipinski definition) is 2. The first kappa shape index (κ1) is 11.9. The van der Waals surface area contributed by atoms with Crippen LogP contribution in [0, 0.1) is 11.3 Å². The topological polar surface area (TPSA) is 41.6 Å². The van der Waals surface area contributed by atoms with Crippen molar-refractivity contribution in [3.8, 4) is 6.07 Å². The number of nitriles is 1. The molecular formula is C13H14ClN3. The molecule has 2 rings (SSSR count). The van der Waals surface area contributed by atoms with Gasteiger partial charge < -0.3 is 4.57 Å². The van der Waals surface area contributed by atoms with E-state index in [-0.39, 0.29) is 11.4 Å². The van der Waals surface area contributed by atoms with Crippen molar-refractivity contribution in [3.05, 3.63) is 29.6 Å². The first-order valence-electron chi connectivity index (χ1n) is 5.61. The lowest BCUT2D eigenvalue weighted by molar-refractivity contribution is 0.584. The number of para-hydroxylation sites is 1. The standard InChI is InChI=1S/C13H14ClN3/c1-8(2)17-11-6-4-5-10(7-15)12(11)16-13(17)9(3)14/h4-6,8-9H,1-3H3. The van der Waals surface area contributed by atoms with Crippen molar-refractivity contribution in [1.29, 1.82) is 5.26 Å². The molecule has 2 aromatic rings. The van der Waals surface area contributed by atoms with Gasteiger partial charge in [-0.25, -0.2) is 4.98 Å². The Hall–Kier alpha value is -1.53. The molecule has 0 saturated carbocycles. The number of rotatable bonds is 2. The van der Waals surface area contributed by atoms with Crippen LogP contribution in [-0.2, 0) is 0 Å². The molecule has 3 nitrogen and oxygen atoms in total. The highest BCUT2D eigenvalue weighted by Gasteiger charge is 2.18. The van der Waals surface area contributed by atoms with Gasteiger partial charge in [0.15, 0.2) is 0 Å². The van der Waals surface area contributed by atoms with Crippen molar-refractivity contribution < 1.29 is 0 Å². The summed E-state index contributed by atoms with van der Waals surface area (Å²) in [6.45, 7) is 6.07. The van der Waals surface area contributed by atoms with Gasteiger partial charge >= 0.3 is 0 Å². The summed E-state index contributed by atoms with van der Waals surface area (Å²) >= 11 is 6.15. The molecular weight excluding hydrogens is 234 g/mol. The third-order valence-electron chi connectivity index (χ3n) is 2.74. The Labute approximate surface area is 106 Å². The fourth-order valence-corrected chi connectivity index (χ4v) is 2.20. The first-order chi connectivity index (χ1) is 8.06. The molecule has 0 amide bonds. The number of nitrogens with zero attached hydrogens (tertiary/aromatic N) is 3. The van der Waals surface area contributed by atoms with Gasteiger partial charge in [-0.3, -0.25) is 0 Å². The van der Waals surface area contributed by atoms with Crippen LogP contribution in [0.3, 0.4) is 0 Å². The maximum Gasteiger partial charge on any atom is 0.128 e. The third kappa shape index (κ3) is 1.89. The SMILES string of the molecule is CC(Cl)c1nc2c(C#N)cccc2n1C(C)C. The summed E-state index contributed by atoms with van der Waals surface area (Å²) < 4.78 is 2.09. The van der Waals surface area contributed by atoms with Gasteiger partial charge in [0.25, 0.3) is 0 Å². The van der Waals surface area contributed by atoms with Crippen LogP contribution in [0.15, 0.2) is 18.2 Å². The van der Waals surface area contributed by atoms with Crippen molar-refractivity contribution in [3.63, 3.8) is 0 Å². The Kier molecular flexibility index (Phi) is 3.08. The van der Waals surface area contributed by atoms with Gasteiger partial charge in [0.05, 0.1) is 16.5 Å². The molecule has 0 aliphatic heterocycles. The highest BCUT2D eigenvalue weighted by Crippen LogP contribution is 2.29. The molecule has 1 atom stereocenters. The van der Waals surface area contributed by atoms with Crippen LogP contribution in [0.2, 0.25) is 0 Å². The number of benzene rings is 1. The maximum atomic E-state index is 9.08.